The van der Waals surface area contributed by atoms with Crippen molar-refractivity contribution in [1.29, 1.82) is 0 Å². The minimum atomic E-state index is -0.348. The van der Waals surface area contributed by atoms with Gasteiger partial charge in [0, 0.05) is 92.0 Å². The Labute approximate surface area is 381 Å². The number of unbranched alkanes of at least 4 members (excludes halogenated alkanes) is 2. The minimum Gasteiger partial charge on any atom is -0.274 e. The summed E-state index contributed by atoms with van der Waals surface area (Å²) < 4.78 is 4.60. The highest BCUT2D eigenvalue weighted by molar-refractivity contribution is 9.14. The number of carbonyl (C=O) groups is 4. The maximum Gasteiger partial charge on any atom is 0.262 e. The van der Waals surface area contributed by atoms with Crippen molar-refractivity contribution in [3.63, 3.8) is 0 Å². The van der Waals surface area contributed by atoms with Crippen LogP contribution in [0.3, 0.4) is 0 Å². The van der Waals surface area contributed by atoms with Crippen LogP contribution < -0.4 is 0 Å². The normalized spacial score (nSPS) is 15.7. The third-order valence-electron chi connectivity index (χ3n) is 11.3. The van der Waals surface area contributed by atoms with Crippen LogP contribution in [-0.2, 0) is 0 Å². The van der Waals surface area contributed by atoms with Crippen molar-refractivity contribution in [2.24, 2.45) is 11.8 Å². The Kier molecular flexibility index (Phi) is 12.3. The average Bonchev–Trinajstić information content (AvgIpc) is 3.15. The highest BCUT2D eigenvalue weighted by atomic mass is 79.9. The summed E-state index contributed by atoms with van der Waals surface area (Å²) in [6, 6.07) is 0. The molecule has 2 atom stereocenters. The summed E-state index contributed by atoms with van der Waals surface area (Å²) in [4.78, 5) is 61.3. The van der Waals surface area contributed by atoms with Gasteiger partial charge in [0.15, 0.2) is 0 Å². The molecule has 54 heavy (non-hydrogen) atoms. The smallest absolute Gasteiger partial charge is 0.262 e. The van der Waals surface area contributed by atoms with Crippen molar-refractivity contribution in [2.45, 2.75) is 79.1 Å². The molecule has 0 bridgehead atoms. The summed E-state index contributed by atoms with van der Waals surface area (Å²) in [7, 11) is 0. The van der Waals surface area contributed by atoms with Crippen LogP contribution in [0.2, 0.25) is 0 Å². The van der Waals surface area contributed by atoms with E-state index in [2.05, 4.69) is 155 Å². The van der Waals surface area contributed by atoms with E-state index >= 15 is 0 Å². The van der Waals surface area contributed by atoms with Gasteiger partial charge < -0.3 is 0 Å². The van der Waals surface area contributed by atoms with Gasteiger partial charge in [-0.05, 0) is 152 Å². The predicted molar refractivity (Wildman–Crippen MR) is 247 cm³/mol. The molecular weight excluding hydrogens is 1210 g/mol. The van der Waals surface area contributed by atoms with Gasteiger partial charge in [0.05, 0.1) is 22.3 Å². The molecule has 0 aliphatic carbocycles. The number of carbonyl (C=O) groups excluding carboxylic acids is 4. The summed E-state index contributed by atoms with van der Waals surface area (Å²) in [6.45, 7) is 9.15. The van der Waals surface area contributed by atoms with Gasteiger partial charge in [-0.1, -0.05) is 66.2 Å². The first kappa shape index (κ1) is 41.7. The lowest BCUT2D eigenvalue weighted by molar-refractivity contribution is 0.0564. The fourth-order valence-corrected chi connectivity index (χ4v) is 13.0. The van der Waals surface area contributed by atoms with E-state index in [0.29, 0.717) is 92.7 Å². The zero-order valence-corrected chi connectivity index (χ0v) is 42.5. The zero-order valence-electron chi connectivity index (χ0n) is 29.8. The van der Waals surface area contributed by atoms with Crippen molar-refractivity contribution in [3.05, 3.63) is 58.0 Å². The van der Waals surface area contributed by atoms with Gasteiger partial charge in [0.2, 0.25) is 0 Å². The standard InChI is InChI=1S/C40H34Br8N2O4/c1-5-9-11-15(7-3)13-49-37(51)25-19-17-21(29(41)33(25)45)23-18-20-27(35(47)31(23)43)39(53)50(14-16(8-4)12-10-6-2)40(54)28(20)36(48)32(44)24(18)22(17)30(42)34(46)26(19)38(49)52/h15-16H,5-14H2,1-4H3. The highest BCUT2D eigenvalue weighted by Crippen LogP contribution is 2.59. The molecule has 5 aromatic carbocycles. The lowest BCUT2D eigenvalue weighted by Crippen LogP contribution is -2.43. The van der Waals surface area contributed by atoms with E-state index in [1.54, 1.807) is 0 Å². The molecule has 6 nitrogen and oxygen atoms in total. The Morgan fingerprint density at radius 1 is 0.389 bits per heavy atom. The quantitative estimate of drug-likeness (QED) is 0.0709. The molecule has 0 saturated heterocycles. The molecule has 0 aromatic heterocycles. The fraction of sp³-hybridized carbons (Fsp3) is 0.400. The second-order valence-electron chi connectivity index (χ2n) is 14.3. The molecule has 2 heterocycles. The van der Waals surface area contributed by atoms with E-state index in [1.165, 1.54) is 9.80 Å². The molecule has 0 radical (unpaired) electrons. The molecule has 4 amide bonds. The van der Waals surface area contributed by atoms with Crippen LogP contribution in [0.1, 0.15) is 120 Å². The number of hydrogen-bond acceptors (Lipinski definition) is 4. The van der Waals surface area contributed by atoms with Gasteiger partial charge in [-0.25, -0.2) is 0 Å². The van der Waals surface area contributed by atoms with Crippen LogP contribution >= 0.6 is 127 Å². The lowest BCUT2D eigenvalue weighted by atomic mass is 9.81. The summed E-state index contributed by atoms with van der Waals surface area (Å²) in [5.41, 5.74) is 1.63. The molecule has 14 heteroatoms. The number of fused-ring (bicyclic) bond motifs is 2. The molecule has 0 spiro atoms. The van der Waals surface area contributed by atoms with Gasteiger partial charge in [0.1, 0.15) is 0 Å². The van der Waals surface area contributed by atoms with Crippen molar-refractivity contribution < 1.29 is 19.2 Å². The van der Waals surface area contributed by atoms with E-state index < -0.39 is 0 Å². The largest absolute Gasteiger partial charge is 0.274 e. The van der Waals surface area contributed by atoms with Gasteiger partial charge in [-0.15, -0.1) is 0 Å². The van der Waals surface area contributed by atoms with Gasteiger partial charge >= 0.3 is 0 Å². The SMILES string of the molecule is CCCCC(CC)CN1C(=O)c2c(Br)c(Br)c3c4c(Br)c(Br)c5c6c(c(Br)c(Br)c(c7c(Br)c(Br)c(c2c37)C1=O)c64)C(=O)N(CC(CC)CCCC)C5=O. The molecule has 0 saturated carbocycles. The number of imide groups is 2. The first-order valence-electron chi connectivity index (χ1n) is 18.1. The Morgan fingerprint density at radius 2 is 0.648 bits per heavy atom. The van der Waals surface area contributed by atoms with Crippen LogP contribution in [0.5, 0.6) is 0 Å². The molecule has 2 aliphatic heterocycles. The van der Waals surface area contributed by atoms with Crippen molar-refractivity contribution in [2.75, 3.05) is 13.1 Å². The molecule has 7 rings (SSSR count). The van der Waals surface area contributed by atoms with E-state index in [4.69, 9.17) is 0 Å². The number of amides is 4. The maximum absolute atomic E-state index is 14.6. The van der Waals surface area contributed by atoms with E-state index in [9.17, 15) is 19.2 Å². The Hall–Kier alpha value is -0.480. The van der Waals surface area contributed by atoms with Crippen LogP contribution in [0.25, 0.3) is 43.1 Å². The first-order chi connectivity index (χ1) is 25.7. The Balaban J connectivity index is 1.61. The average molecular weight is 1250 g/mol. The monoisotopic (exact) mass is 1240 g/mol. The molecule has 2 aliphatic rings. The van der Waals surface area contributed by atoms with Crippen LogP contribution in [0.15, 0.2) is 35.8 Å². The maximum atomic E-state index is 14.6. The summed E-state index contributed by atoms with van der Waals surface area (Å²) in [5.74, 6) is -1.04. The molecule has 284 valence electrons. The summed E-state index contributed by atoms with van der Waals surface area (Å²) >= 11 is 30.9. The fourth-order valence-electron chi connectivity index (χ4n) is 8.41. The topological polar surface area (TPSA) is 74.8 Å². The first-order valence-corrected chi connectivity index (χ1v) is 24.5. The highest BCUT2D eigenvalue weighted by Gasteiger charge is 2.44. The second-order valence-corrected chi connectivity index (χ2v) is 20.6. The molecule has 2 unspecified atom stereocenters. The van der Waals surface area contributed by atoms with Crippen LogP contribution in [-0.4, -0.2) is 46.5 Å². The van der Waals surface area contributed by atoms with Gasteiger partial charge in [-0.3, -0.25) is 29.0 Å². The van der Waals surface area contributed by atoms with Crippen LogP contribution in [0, 0.1) is 11.8 Å². The number of halogens is 8. The van der Waals surface area contributed by atoms with E-state index in [1.807, 2.05) is 0 Å². The minimum absolute atomic E-state index is 0.176. The second kappa shape index (κ2) is 15.9. The van der Waals surface area contributed by atoms with Crippen molar-refractivity contribution in [3.8, 4) is 0 Å². The lowest BCUT2D eigenvalue weighted by Gasteiger charge is -2.35. The third kappa shape index (κ3) is 6.04. The molecule has 0 N–H and O–H groups in total. The number of rotatable bonds is 12. The number of hydrogen-bond donors (Lipinski definition) is 0. The summed E-state index contributed by atoms with van der Waals surface area (Å²) in [6.07, 6.45) is 7.68. The number of nitrogens with zero attached hydrogens (tertiary/aromatic N) is 2. The van der Waals surface area contributed by atoms with Crippen LogP contribution in [0.4, 0.5) is 0 Å². The van der Waals surface area contributed by atoms with Crippen molar-refractivity contribution in [1.82, 2.24) is 9.80 Å². The third-order valence-corrected chi connectivity index (χ3v) is 19.8. The van der Waals surface area contributed by atoms with E-state index in [-0.39, 0.29) is 35.5 Å². The zero-order chi connectivity index (χ0) is 39.2. The van der Waals surface area contributed by atoms with E-state index in [0.717, 1.165) is 72.9 Å². The van der Waals surface area contributed by atoms with Crippen molar-refractivity contribution >= 4 is 194 Å². The molecule has 5 aromatic rings. The summed E-state index contributed by atoms with van der Waals surface area (Å²) in [5, 5.41) is 5.41. The van der Waals surface area contributed by atoms with Gasteiger partial charge in [0.25, 0.3) is 23.6 Å². The molecular formula is C40H34Br8N2O4. The Morgan fingerprint density at radius 3 is 0.870 bits per heavy atom. The Bertz CT molecular complexity index is 2180. The van der Waals surface area contributed by atoms with Gasteiger partial charge in [-0.2, -0.15) is 0 Å². The molecule has 0 fully saturated rings. The number of benzene rings is 5. The predicted octanol–water partition coefficient (Wildman–Crippen LogP) is 15.5.